The minimum Gasteiger partial charge on any atom is -0.463 e. The summed E-state index contributed by atoms with van der Waals surface area (Å²) < 4.78 is 6.93. The minimum atomic E-state index is -0.552. The average Bonchev–Trinajstić information content (AvgIpc) is 2.81. The van der Waals surface area contributed by atoms with Crippen LogP contribution in [0.3, 0.4) is 0 Å². The number of benzene rings is 1. The summed E-state index contributed by atoms with van der Waals surface area (Å²) in [6.45, 7) is 0.488. The van der Waals surface area contributed by atoms with Gasteiger partial charge in [0.15, 0.2) is 0 Å². The lowest BCUT2D eigenvalue weighted by Gasteiger charge is -2.03. The van der Waals surface area contributed by atoms with Crippen molar-refractivity contribution in [3.8, 4) is 0 Å². The predicted molar refractivity (Wildman–Crippen MR) is 69.0 cm³/mol. The van der Waals surface area contributed by atoms with E-state index in [1.165, 1.54) is 13.4 Å². The predicted octanol–water partition coefficient (Wildman–Crippen LogP) is 1.46. The lowest BCUT2D eigenvalue weighted by Crippen LogP contribution is -2.06. The molecule has 2 rings (SSSR count). The standard InChI is InChI=1S/C11H11BrN4O2/c1-18-11(17)10-14-6-16(15-10)5-7-2-3-8(12)9(13)4-7/h2-4,6H,5,13H2,1H3. The quantitative estimate of drug-likeness (QED) is 0.685. The van der Waals surface area contributed by atoms with Gasteiger partial charge < -0.3 is 10.5 Å². The molecule has 1 aromatic carbocycles. The van der Waals surface area contributed by atoms with E-state index < -0.39 is 5.97 Å². The van der Waals surface area contributed by atoms with Crippen molar-refractivity contribution in [3.63, 3.8) is 0 Å². The summed E-state index contributed by atoms with van der Waals surface area (Å²) in [4.78, 5) is 15.1. The van der Waals surface area contributed by atoms with Crippen LogP contribution in [-0.4, -0.2) is 27.8 Å². The van der Waals surface area contributed by atoms with E-state index in [-0.39, 0.29) is 5.82 Å². The van der Waals surface area contributed by atoms with Gasteiger partial charge in [0.25, 0.3) is 5.82 Å². The van der Waals surface area contributed by atoms with Crippen LogP contribution in [0, 0.1) is 0 Å². The molecule has 0 radical (unpaired) electrons. The molecule has 0 bridgehead atoms. The molecule has 2 N–H and O–H groups in total. The Bertz CT molecular complexity index is 582. The zero-order valence-corrected chi connectivity index (χ0v) is 11.2. The van der Waals surface area contributed by atoms with E-state index in [1.807, 2.05) is 18.2 Å². The van der Waals surface area contributed by atoms with E-state index in [0.29, 0.717) is 12.2 Å². The van der Waals surface area contributed by atoms with E-state index in [2.05, 4.69) is 30.7 Å². The molecule has 0 spiro atoms. The number of carbonyl (C=O) groups excluding carboxylic acids is 1. The number of ether oxygens (including phenoxy) is 1. The Hall–Kier alpha value is -1.89. The van der Waals surface area contributed by atoms with Crippen LogP contribution in [0.4, 0.5) is 5.69 Å². The first kappa shape index (κ1) is 12.6. The van der Waals surface area contributed by atoms with Crippen molar-refractivity contribution in [1.29, 1.82) is 0 Å². The lowest BCUT2D eigenvalue weighted by atomic mass is 10.2. The maximum Gasteiger partial charge on any atom is 0.377 e. The third-order valence-electron chi connectivity index (χ3n) is 2.31. The molecule has 0 amide bonds. The molecule has 0 unspecified atom stereocenters. The van der Waals surface area contributed by atoms with E-state index in [9.17, 15) is 4.79 Å². The molecule has 1 aromatic heterocycles. The molecule has 94 valence electrons. The van der Waals surface area contributed by atoms with E-state index in [0.717, 1.165) is 10.0 Å². The van der Waals surface area contributed by atoms with E-state index in [4.69, 9.17) is 5.73 Å². The zero-order chi connectivity index (χ0) is 13.1. The Balaban J connectivity index is 2.16. The van der Waals surface area contributed by atoms with Crippen molar-refractivity contribution in [2.24, 2.45) is 0 Å². The largest absolute Gasteiger partial charge is 0.463 e. The fourth-order valence-corrected chi connectivity index (χ4v) is 1.68. The molecule has 0 aliphatic carbocycles. The second-order valence-corrected chi connectivity index (χ2v) is 4.47. The molecule has 0 aliphatic rings. The van der Waals surface area contributed by atoms with Gasteiger partial charge >= 0.3 is 5.97 Å². The van der Waals surface area contributed by atoms with Crippen LogP contribution >= 0.6 is 15.9 Å². The van der Waals surface area contributed by atoms with Gasteiger partial charge in [-0.1, -0.05) is 6.07 Å². The molecule has 18 heavy (non-hydrogen) atoms. The Morgan fingerprint density at radius 1 is 1.56 bits per heavy atom. The Morgan fingerprint density at radius 2 is 2.33 bits per heavy atom. The lowest BCUT2D eigenvalue weighted by molar-refractivity contribution is 0.0586. The summed E-state index contributed by atoms with van der Waals surface area (Å²) in [6, 6.07) is 5.62. The van der Waals surface area contributed by atoms with Crippen LogP contribution < -0.4 is 5.73 Å². The highest BCUT2D eigenvalue weighted by atomic mass is 79.9. The van der Waals surface area contributed by atoms with Crippen LogP contribution in [-0.2, 0) is 11.3 Å². The van der Waals surface area contributed by atoms with Crippen molar-refractivity contribution < 1.29 is 9.53 Å². The first-order valence-corrected chi connectivity index (χ1v) is 5.91. The first-order valence-electron chi connectivity index (χ1n) is 5.12. The summed E-state index contributed by atoms with van der Waals surface area (Å²) in [5.74, 6) is -0.508. The highest BCUT2D eigenvalue weighted by Gasteiger charge is 2.11. The molecular formula is C11H11BrN4O2. The topological polar surface area (TPSA) is 83.0 Å². The summed E-state index contributed by atoms with van der Waals surface area (Å²) in [5.41, 5.74) is 7.41. The van der Waals surface area contributed by atoms with Crippen LogP contribution in [0.1, 0.15) is 16.2 Å². The molecular weight excluding hydrogens is 300 g/mol. The number of anilines is 1. The number of carbonyl (C=O) groups is 1. The van der Waals surface area contributed by atoms with Gasteiger partial charge in [0.2, 0.25) is 0 Å². The second kappa shape index (κ2) is 5.18. The number of hydrogen-bond acceptors (Lipinski definition) is 5. The van der Waals surface area contributed by atoms with Crippen molar-refractivity contribution in [3.05, 3.63) is 40.4 Å². The van der Waals surface area contributed by atoms with Gasteiger partial charge in [0, 0.05) is 10.2 Å². The summed E-state index contributed by atoms with van der Waals surface area (Å²) >= 11 is 3.33. The third-order valence-corrected chi connectivity index (χ3v) is 3.03. The van der Waals surface area contributed by atoms with Gasteiger partial charge in [-0.15, -0.1) is 5.10 Å². The fourth-order valence-electron chi connectivity index (χ4n) is 1.43. The van der Waals surface area contributed by atoms with Crippen LogP contribution in [0.5, 0.6) is 0 Å². The smallest absolute Gasteiger partial charge is 0.377 e. The molecule has 2 aromatic rings. The second-order valence-electron chi connectivity index (χ2n) is 3.61. The van der Waals surface area contributed by atoms with Crippen molar-refractivity contribution in [2.45, 2.75) is 6.54 Å². The van der Waals surface area contributed by atoms with Crippen molar-refractivity contribution in [2.75, 3.05) is 12.8 Å². The van der Waals surface area contributed by atoms with Gasteiger partial charge in [-0.25, -0.2) is 14.5 Å². The number of hydrogen-bond donors (Lipinski definition) is 1. The fraction of sp³-hybridized carbons (Fsp3) is 0.182. The number of aromatic nitrogens is 3. The average molecular weight is 311 g/mol. The van der Waals surface area contributed by atoms with E-state index >= 15 is 0 Å². The highest BCUT2D eigenvalue weighted by molar-refractivity contribution is 9.10. The SMILES string of the molecule is COC(=O)c1ncn(Cc2ccc(Br)c(N)c2)n1. The van der Waals surface area contributed by atoms with Gasteiger partial charge in [0.1, 0.15) is 6.33 Å². The van der Waals surface area contributed by atoms with Crippen LogP contribution in [0.25, 0.3) is 0 Å². The maximum atomic E-state index is 11.2. The molecule has 0 aliphatic heterocycles. The zero-order valence-electron chi connectivity index (χ0n) is 9.63. The Labute approximate surface area is 112 Å². The normalized spacial score (nSPS) is 10.3. The molecule has 0 fully saturated rings. The summed E-state index contributed by atoms with van der Waals surface area (Å²) in [7, 11) is 1.29. The number of nitrogen functional groups attached to an aromatic ring is 1. The number of nitrogens with zero attached hydrogens (tertiary/aromatic N) is 3. The van der Waals surface area contributed by atoms with Crippen molar-refractivity contribution >= 4 is 27.6 Å². The van der Waals surface area contributed by atoms with Crippen molar-refractivity contribution in [1.82, 2.24) is 14.8 Å². The minimum absolute atomic E-state index is 0.0441. The number of nitrogens with two attached hydrogens (primary N) is 1. The monoisotopic (exact) mass is 310 g/mol. The number of methoxy groups -OCH3 is 1. The molecule has 0 atom stereocenters. The molecule has 0 saturated carbocycles. The number of rotatable bonds is 3. The molecule has 1 heterocycles. The highest BCUT2D eigenvalue weighted by Crippen LogP contribution is 2.20. The third kappa shape index (κ3) is 2.67. The Kier molecular flexibility index (Phi) is 3.61. The van der Waals surface area contributed by atoms with Gasteiger partial charge in [-0.05, 0) is 33.6 Å². The Morgan fingerprint density at radius 3 is 3.00 bits per heavy atom. The molecule has 6 nitrogen and oxygen atoms in total. The van der Waals surface area contributed by atoms with E-state index in [1.54, 1.807) is 4.68 Å². The van der Waals surface area contributed by atoms with Gasteiger partial charge in [-0.2, -0.15) is 0 Å². The summed E-state index contributed by atoms with van der Waals surface area (Å²) in [6.07, 6.45) is 1.48. The maximum absolute atomic E-state index is 11.2. The molecule has 7 heteroatoms. The van der Waals surface area contributed by atoms with Crippen LogP contribution in [0.2, 0.25) is 0 Å². The number of esters is 1. The molecule has 0 saturated heterocycles. The van der Waals surface area contributed by atoms with Gasteiger partial charge in [-0.3, -0.25) is 0 Å². The van der Waals surface area contributed by atoms with Crippen LogP contribution in [0.15, 0.2) is 29.0 Å². The summed E-state index contributed by atoms with van der Waals surface area (Å²) in [5, 5.41) is 4.01. The van der Waals surface area contributed by atoms with Gasteiger partial charge in [0.05, 0.1) is 13.7 Å². The number of halogens is 1. The first-order chi connectivity index (χ1) is 8.60.